The molecule has 0 spiro atoms. The molecule has 1 aliphatic rings. The van der Waals surface area contributed by atoms with Crippen LogP contribution >= 0.6 is 0 Å². The van der Waals surface area contributed by atoms with E-state index in [0.717, 1.165) is 0 Å². The second-order valence-corrected chi connectivity index (χ2v) is 6.50. The molecular weight excluding hydrogens is 341 g/mol. The fourth-order valence-corrected chi connectivity index (χ4v) is 2.84. The zero-order chi connectivity index (χ0) is 19.1. The smallest absolute Gasteiger partial charge is 0.311 e. The maximum atomic E-state index is 14.5. The van der Waals surface area contributed by atoms with Gasteiger partial charge in [0, 0.05) is 18.3 Å². The van der Waals surface area contributed by atoms with E-state index < -0.39 is 23.2 Å². The van der Waals surface area contributed by atoms with Crippen molar-refractivity contribution in [2.75, 3.05) is 12.4 Å². The van der Waals surface area contributed by atoms with Gasteiger partial charge in [-0.25, -0.2) is 14.4 Å². The normalized spacial score (nSPS) is 19.2. The zero-order valence-corrected chi connectivity index (χ0v) is 14.5. The third-order valence-corrected chi connectivity index (χ3v) is 4.32. The van der Waals surface area contributed by atoms with Gasteiger partial charge in [-0.05, 0) is 32.0 Å². The lowest BCUT2D eigenvalue weighted by molar-refractivity contribution is -0.137. The van der Waals surface area contributed by atoms with Crippen LogP contribution in [-0.2, 0) is 4.79 Å². The van der Waals surface area contributed by atoms with Crippen LogP contribution in [0.4, 0.5) is 10.1 Å². The summed E-state index contributed by atoms with van der Waals surface area (Å²) >= 11 is 0. The molecule has 1 unspecified atom stereocenters. The van der Waals surface area contributed by atoms with E-state index >= 15 is 0 Å². The van der Waals surface area contributed by atoms with Gasteiger partial charge in [0.1, 0.15) is 12.1 Å². The molecular formula is C17H18FN5O3. The number of guanidine groups is 1. The van der Waals surface area contributed by atoms with Gasteiger partial charge in [0.15, 0.2) is 5.96 Å². The summed E-state index contributed by atoms with van der Waals surface area (Å²) in [4.78, 5) is 33.8. The third kappa shape index (κ3) is 2.92. The van der Waals surface area contributed by atoms with Crippen LogP contribution in [0.5, 0.6) is 0 Å². The first-order valence-electron chi connectivity index (χ1n) is 7.83. The van der Waals surface area contributed by atoms with E-state index in [1.54, 1.807) is 13.8 Å². The van der Waals surface area contributed by atoms with Crippen molar-refractivity contribution in [1.82, 2.24) is 9.88 Å². The first-order chi connectivity index (χ1) is 12.2. The van der Waals surface area contributed by atoms with Crippen molar-refractivity contribution < 1.29 is 18.4 Å². The summed E-state index contributed by atoms with van der Waals surface area (Å²) in [6, 6.07) is 3.20. The number of hydrogen-bond donors (Lipinski definition) is 2. The molecule has 1 aromatic heterocycles. The lowest BCUT2D eigenvalue weighted by Crippen LogP contribution is -2.51. The molecule has 0 saturated heterocycles. The van der Waals surface area contributed by atoms with Gasteiger partial charge >= 0.3 is 5.91 Å². The van der Waals surface area contributed by atoms with E-state index in [0.29, 0.717) is 5.69 Å². The molecule has 3 rings (SSSR count). The van der Waals surface area contributed by atoms with E-state index in [2.05, 4.69) is 15.3 Å². The number of aliphatic imine (C=N–C) groups is 1. The number of rotatable bonds is 3. The lowest BCUT2D eigenvalue weighted by atomic mass is 9.78. The van der Waals surface area contributed by atoms with Crippen molar-refractivity contribution >= 4 is 23.5 Å². The highest BCUT2D eigenvalue weighted by Crippen LogP contribution is 2.42. The number of nitrogens with zero attached hydrogens (tertiary/aromatic N) is 3. The number of anilines is 1. The molecule has 2 amide bonds. The topological polar surface area (TPSA) is 114 Å². The standard InChI is InChI=1S/C17H18FN5O3/c1-17(2)12(22-16(19)23(3)15(17)25)10-8-9(4-5-11(10)18)21-13(24)14-20-6-7-26-14/h4-8,12H,1-3H3,(H2,19,22)(H,21,24). The van der Waals surface area contributed by atoms with Crippen LogP contribution < -0.4 is 11.1 Å². The minimum absolute atomic E-state index is 0.00736. The van der Waals surface area contributed by atoms with Crippen molar-refractivity contribution in [3.63, 3.8) is 0 Å². The second kappa shape index (κ2) is 6.25. The van der Waals surface area contributed by atoms with Crippen LogP contribution in [0.1, 0.15) is 36.1 Å². The Hall–Kier alpha value is -3.23. The summed E-state index contributed by atoms with van der Waals surface area (Å²) in [5.74, 6) is -1.51. The number of carbonyl (C=O) groups is 2. The highest BCUT2D eigenvalue weighted by Gasteiger charge is 2.45. The zero-order valence-electron chi connectivity index (χ0n) is 14.5. The number of benzene rings is 1. The van der Waals surface area contributed by atoms with Gasteiger partial charge in [-0.15, -0.1) is 0 Å². The maximum absolute atomic E-state index is 14.5. The number of carbonyl (C=O) groups excluding carboxylic acids is 2. The number of halogens is 1. The van der Waals surface area contributed by atoms with Crippen LogP contribution in [0, 0.1) is 11.2 Å². The van der Waals surface area contributed by atoms with Gasteiger partial charge in [-0.1, -0.05) is 0 Å². The largest absolute Gasteiger partial charge is 0.441 e. The number of nitrogens with two attached hydrogens (primary N) is 1. The Kier molecular flexibility index (Phi) is 4.23. The summed E-state index contributed by atoms with van der Waals surface area (Å²) in [5, 5.41) is 2.57. The van der Waals surface area contributed by atoms with E-state index in [1.165, 1.54) is 42.6 Å². The monoisotopic (exact) mass is 359 g/mol. The Morgan fingerprint density at radius 1 is 1.42 bits per heavy atom. The molecule has 0 radical (unpaired) electrons. The number of oxazole rings is 1. The number of aromatic nitrogens is 1. The molecule has 26 heavy (non-hydrogen) atoms. The molecule has 0 bridgehead atoms. The summed E-state index contributed by atoms with van der Waals surface area (Å²) in [7, 11) is 1.52. The minimum Gasteiger partial charge on any atom is -0.441 e. The van der Waals surface area contributed by atoms with Crippen molar-refractivity contribution in [3.8, 4) is 0 Å². The van der Waals surface area contributed by atoms with E-state index in [1.807, 2.05) is 0 Å². The highest BCUT2D eigenvalue weighted by molar-refractivity contribution is 6.02. The molecule has 2 heterocycles. The van der Waals surface area contributed by atoms with Gasteiger partial charge in [-0.2, -0.15) is 0 Å². The van der Waals surface area contributed by atoms with Gasteiger partial charge in [0.25, 0.3) is 5.89 Å². The van der Waals surface area contributed by atoms with E-state index in [-0.39, 0.29) is 23.3 Å². The molecule has 2 aromatic rings. The van der Waals surface area contributed by atoms with E-state index in [4.69, 9.17) is 10.2 Å². The maximum Gasteiger partial charge on any atom is 0.311 e. The van der Waals surface area contributed by atoms with Crippen molar-refractivity contribution in [3.05, 3.63) is 47.9 Å². The van der Waals surface area contributed by atoms with Gasteiger partial charge in [0.2, 0.25) is 5.91 Å². The molecule has 8 nitrogen and oxygen atoms in total. The molecule has 0 aliphatic carbocycles. The van der Waals surface area contributed by atoms with Crippen LogP contribution in [0.15, 0.2) is 40.1 Å². The first kappa shape index (κ1) is 17.6. The van der Waals surface area contributed by atoms with Gasteiger partial charge in [-0.3, -0.25) is 14.5 Å². The average molecular weight is 359 g/mol. The molecule has 0 fully saturated rings. The van der Waals surface area contributed by atoms with Crippen LogP contribution in [0.3, 0.4) is 0 Å². The summed E-state index contributed by atoms with van der Waals surface area (Å²) in [6.45, 7) is 3.34. The van der Waals surface area contributed by atoms with Gasteiger partial charge < -0.3 is 15.5 Å². The molecule has 3 N–H and O–H groups in total. The Morgan fingerprint density at radius 3 is 2.81 bits per heavy atom. The number of amides is 2. The predicted molar refractivity (Wildman–Crippen MR) is 91.8 cm³/mol. The molecule has 1 aromatic carbocycles. The van der Waals surface area contributed by atoms with Crippen molar-refractivity contribution in [2.24, 2.45) is 16.1 Å². The Labute approximate surface area is 148 Å². The second-order valence-electron chi connectivity index (χ2n) is 6.50. The third-order valence-electron chi connectivity index (χ3n) is 4.32. The van der Waals surface area contributed by atoms with Gasteiger partial charge in [0.05, 0.1) is 17.7 Å². The molecule has 1 atom stereocenters. The lowest BCUT2D eigenvalue weighted by Gasteiger charge is -2.38. The van der Waals surface area contributed by atoms with Crippen molar-refractivity contribution in [2.45, 2.75) is 19.9 Å². The van der Waals surface area contributed by atoms with Crippen LogP contribution in [0.25, 0.3) is 0 Å². The SMILES string of the molecule is CN1C(=O)C(C)(C)C(c2cc(NC(=O)c3ncco3)ccc2F)N=C1N. The fourth-order valence-electron chi connectivity index (χ4n) is 2.84. The Bertz CT molecular complexity index is 892. The minimum atomic E-state index is -1.01. The Balaban J connectivity index is 1.97. The quantitative estimate of drug-likeness (QED) is 0.869. The fraction of sp³-hybridized carbons (Fsp3) is 0.294. The summed E-state index contributed by atoms with van der Waals surface area (Å²) in [6.07, 6.45) is 2.62. The molecule has 1 aliphatic heterocycles. The summed E-state index contributed by atoms with van der Waals surface area (Å²) < 4.78 is 19.4. The average Bonchev–Trinajstić information content (AvgIpc) is 3.13. The molecule has 9 heteroatoms. The first-order valence-corrected chi connectivity index (χ1v) is 7.83. The van der Waals surface area contributed by atoms with Crippen LogP contribution in [0.2, 0.25) is 0 Å². The molecule has 0 saturated carbocycles. The van der Waals surface area contributed by atoms with Crippen LogP contribution in [-0.4, -0.2) is 34.7 Å². The number of nitrogens with one attached hydrogen (secondary N) is 1. The Morgan fingerprint density at radius 2 is 2.15 bits per heavy atom. The highest BCUT2D eigenvalue weighted by atomic mass is 19.1. The number of hydrogen-bond acceptors (Lipinski definition) is 6. The predicted octanol–water partition coefficient (Wildman–Crippen LogP) is 1.92. The van der Waals surface area contributed by atoms with E-state index in [9.17, 15) is 14.0 Å². The molecule has 136 valence electrons. The van der Waals surface area contributed by atoms with Crippen molar-refractivity contribution in [1.29, 1.82) is 0 Å². The summed E-state index contributed by atoms with van der Waals surface area (Å²) in [5.41, 5.74) is 5.26.